The molecule has 0 aliphatic carbocycles. The van der Waals surface area contributed by atoms with Gasteiger partial charge in [0.1, 0.15) is 11.5 Å². The Morgan fingerprint density at radius 3 is 1.52 bits per heavy atom. The van der Waals surface area contributed by atoms with E-state index in [-0.39, 0.29) is 5.75 Å². The first-order chi connectivity index (χ1) is 14.1. The van der Waals surface area contributed by atoms with Crippen molar-refractivity contribution in [3.8, 4) is 17.2 Å². The Morgan fingerprint density at radius 2 is 1.03 bits per heavy atom. The van der Waals surface area contributed by atoms with E-state index in [1.807, 2.05) is 48.5 Å². The Labute approximate surface area is 170 Å². The SMILES string of the molecule is Oc1c(F)cc(Oc2ccc([SH](c3ccccc3)c3ccccc3)cc2)cc1F. The highest BCUT2D eigenvalue weighted by atomic mass is 32.2. The molecule has 0 aromatic heterocycles. The van der Waals surface area contributed by atoms with Crippen LogP contribution in [-0.4, -0.2) is 5.11 Å². The average Bonchev–Trinajstić information content (AvgIpc) is 2.75. The number of thiol groups is 1. The number of rotatable bonds is 5. The van der Waals surface area contributed by atoms with Crippen molar-refractivity contribution in [1.82, 2.24) is 0 Å². The molecule has 4 rings (SSSR count). The van der Waals surface area contributed by atoms with E-state index in [4.69, 9.17) is 4.74 Å². The van der Waals surface area contributed by atoms with Crippen LogP contribution in [0.4, 0.5) is 8.78 Å². The van der Waals surface area contributed by atoms with Crippen LogP contribution in [-0.2, 0) is 0 Å². The molecule has 4 aromatic rings. The van der Waals surface area contributed by atoms with Crippen molar-refractivity contribution in [2.75, 3.05) is 0 Å². The third-order valence-electron chi connectivity index (χ3n) is 4.35. The molecule has 29 heavy (non-hydrogen) atoms. The van der Waals surface area contributed by atoms with Crippen LogP contribution in [0, 0.1) is 11.6 Å². The lowest BCUT2D eigenvalue weighted by molar-refractivity contribution is 0.388. The van der Waals surface area contributed by atoms with Gasteiger partial charge < -0.3 is 9.84 Å². The summed E-state index contributed by atoms with van der Waals surface area (Å²) in [7, 11) is -0.741. The molecule has 0 aliphatic heterocycles. The first kappa shape index (κ1) is 19.0. The highest BCUT2D eigenvalue weighted by molar-refractivity contribution is 8.17. The molecule has 2 nitrogen and oxygen atoms in total. The van der Waals surface area contributed by atoms with Crippen molar-refractivity contribution in [1.29, 1.82) is 0 Å². The first-order valence-electron chi connectivity index (χ1n) is 8.98. The maximum Gasteiger partial charge on any atom is 0.188 e. The van der Waals surface area contributed by atoms with Gasteiger partial charge in [0.25, 0.3) is 0 Å². The average molecular weight is 408 g/mol. The Kier molecular flexibility index (Phi) is 5.49. The highest BCUT2D eigenvalue weighted by Crippen LogP contribution is 2.51. The van der Waals surface area contributed by atoms with Gasteiger partial charge in [-0.25, -0.2) is 8.78 Å². The molecule has 5 heteroatoms. The van der Waals surface area contributed by atoms with Crippen molar-refractivity contribution >= 4 is 10.9 Å². The second-order valence-electron chi connectivity index (χ2n) is 6.34. The zero-order valence-electron chi connectivity index (χ0n) is 15.3. The van der Waals surface area contributed by atoms with Crippen molar-refractivity contribution in [2.24, 2.45) is 0 Å². The van der Waals surface area contributed by atoms with Gasteiger partial charge in [0.05, 0.1) is 0 Å². The van der Waals surface area contributed by atoms with E-state index in [1.165, 1.54) is 9.79 Å². The van der Waals surface area contributed by atoms with Gasteiger partial charge in [0.2, 0.25) is 0 Å². The molecular formula is C24H18F2O2S. The lowest BCUT2D eigenvalue weighted by Gasteiger charge is -2.23. The van der Waals surface area contributed by atoms with Gasteiger partial charge >= 0.3 is 0 Å². The molecule has 0 saturated heterocycles. The van der Waals surface area contributed by atoms with Crippen LogP contribution in [0.5, 0.6) is 17.2 Å². The molecule has 0 atom stereocenters. The van der Waals surface area contributed by atoms with Crippen LogP contribution in [0.25, 0.3) is 0 Å². The van der Waals surface area contributed by atoms with Crippen molar-refractivity contribution in [3.05, 3.63) is 109 Å². The van der Waals surface area contributed by atoms with Gasteiger partial charge in [0.15, 0.2) is 17.4 Å². The van der Waals surface area contributed by atoms with E-state index in [9.17, 15) is 13.9 Å². The number of hydrogen-bond donors (Lipinski definition) is 2. The van der Waals surface area contributed by atoms with Crippen molar-refractivity contribution in [2.45, 2.75) is 14.7 Å². The van der Waals surface area contributed by atoms with Gasteiger partial charge in [-0.15, -0.1) is 0 Å². The fraction of sp³-hybridized carbons (Fsp3) is 0. The van der Waals surface area contributed by atoms with Gasteiger partial charge in [-0.3, -0.25) is 0 Å². The summed E-state index contributed by atoms with van der Waals surface area (Å²) in [6.45, 7) is 0. The molecule has 0 saturated carbocycles. The Balaban J connectivity index is 1.64. The topological polar surface area (TPSA) is 29.5 Å². The molecule has 0 radical (unpaired) electrons. The molecule has 0 aliphatic rings. The van der Waals surface area contributed by atoms with Gasteiger partial charge in [-0.1, -0.05) is 36.4 Å². The minimum absolute atomic E-state index is 0.0149. The summed E-state index contributed by atoms with van der Waals surface area (Å²) in [5, 5.41) is 9.21. The van der Waals surface area contributed by atoms with E-state index in [2.05, 4.69) is 24.3 Å². The van der Waals surface area contributed by atoms with Crippen LogP contribution in [0.15, 0.2) is 112 Å². The predicted octanol–water partition coefficient (Wildman–Crippen LogP) is 6.94. The van der Waals surface area contributed by atoms with Crippen molar-refractivity contribution < 1.29 is 18.6 Å². The molecule has 4 aromatic carbocycles. The van der Waals surface area contributed by atoms with Crippen LogP contribution < -0.4 is 4.74 Å². The van der Waals surface area contributed by atoms with Crippen LogP contribution in [0.1, 0.15) is 0 Å². The summed E-state index contributed by atoms with van der Waals surface area (Å²) in [6, 6.07) is 30.0. The smallest absolute Gasteiger partial charge is 0.188 e. The van der Waals surface area contributed by atoms with Gasteiger partial charge in [-0.2, -0.15) is 10.9 Å². The Hall–Kier alpha value is -3.31. The number of aromatic hydroxyl groups is 1. The first-order valence-corrected chi connectivity index (χ1v) is 10.3. The van der Waals surface area contributed by atoms with E-state index in [1.54, 1.807) is 12.1 Å². The molecule has 0 spiro atoms. The zero-order valence-corrected chi connectivity index (χ0v) is 16.2. The lowest BCUT2D eigenvalue weighted by Crippen LogP contribution is -1.91. The monoisotopic (exact) mass is 408 g/mol. The number of halogens is 2. The normalized spacial score (nSPS) is 11.2. The lowest BCUT2D eigenvalue weighted by atomic mass is 10.3. The largest absolute Gasteiger partial charge is 0.503 e. The molecule has 146 valence electrons. The maximum atomic E-state index is 13.5. The third kappa shape index (κ3) is 4.25. The zero-order chi connectivity index (χ0) is 20.2. The summed E-state index contributed by atoms with van der Waals surface area (Å²) in [4.78, 5) is 3.59. The highest BCUT2D eigenvalue weighted by Gasteiger charge is 2.14. The van der Waals surface area contributed by atoms with Crippen LogP contribution in [0.2, 0.25) is 0 Å². The number of phenolic OH excluding ortho intramolecular Hbond substituents is 1. The molecule has 0 amide bonds. The molecule has 0 heterocycles. The van der Waals surface area contributed by atoms with Gasteiger partial charge in [-0.05, 0) is 63.2 Å². The van der Waals surface area contributed by atoms with E-state index < -0.39 is 28.3 Å². The Morgan fingerprint density at radius 1 is 0.586 bits per heavy atom. The molecule has 0 unspecified atom stereocenters. The molecule has 0 fully saturated rings. The number of ether oxygens (including phenoxy) is 1. The van der Waals surface area contributed by atoms with E-state index in [0.717, 1.165) is 17.0 Å². The number of benzene rings is 4. The fourth-order valence-corrected chi connectivity index (χ4v) is 5.28. The van der Waals surface area contributed by atoms with Crippen LogP contribution >= 0.6 is 10.9 Å². The standard InChI is InChI=1S/C24H18F2O2S/c25-22-15-18(16-23(26)24(22)27)28-17-11-13-21(14-12-17)29(19-7-3-1-4-8-19)20-9-5-2-6-10-20/h1-16,27,29H. The maximum absolute atomic E-state index is 13.5. The van der Waals surface area contributed by atoms with Crippen LogP contribution in [0.3, 0.4) is 0 Å². The summed E-state index contributed by atoms with van der Waals surface area (Å²) < 4.78 is 32.6. The van der Waals surface area contributed by atoms with E-state index in [0.29, 0.717) is 5.75 Å². The second kappa shape index (κ2) is 8.37. The van der Waals surface area contributed by atoms with Gasteiger partial charge in [0, 0.05) is 12.1 Å². The quantitative estimate of drug-likeness (QED) is 0.350. The summed E-state index contributed by atoms with van der Waals surface area (Å²) >= 11 is 0. The molecule has 1 N–H and O–H groups in total. The summed E-state index contributed by atoms with van der Waals surface area (Å²) in [6.07, 6.45) is 0. The van der Waals surface area contributed by atoms with Crippen molar-refractivity contribution in [3.63, 3.8) is 0 Å². The fourth-order valence-electron chi connectivity index (χ4n) is 3.00. The van der Waals surface area contributed by atoms with E-state index >= 15 is 0 Å². The predicted molar refractivity (Wildman–Crippen MR) is 111 cm³/mol. The Bertz CT molecular complexity index is 1040. The summed E-state index contributed by atoms with van der Waals surface area (Å²) in [5.74, 6) is -2.70. The molecular weight excluding hydrogens is 390 g/mol. The molecule has 0 bridgehead atoms. The summed E-state index contributed by atoms with van der Waals surface area (Å²) in [5.41, 5.74) is 0. The second-order valence-corrected chi connectivity index (χ2v) is 8.56. The number of hydrogen-bond acceptors (Lipinski definition) is 2. The minimum Gasteiger partial charge on any atom is -0.503 e. The minimum atomic E-state index is -1.06. The third-order valence-corrected chi connectivity index (χ3v) is 6.79. The number of phenols is 1.